The molecule has 0 aliphatic carbocycles. The predicted molar refractivity (Wildman–Crippen MR) is 102 cm³/mol. The van der Waals surface area contributed by atoms with Gasteiger partial charge in [0.05, 0.1) is 26.7 Å². The summed E-state index contributed by atoms with van der Waals surface area (Å²) in [5, 5.41) is 1.10. The average Bonchev–Trinajstić information content (AvgIpc) is 2.90. The van der Waals surface area contributed by atoms with Gasteiger partial charge in [-0.3, -0.25) is 4.18 Å². The Bertz CT molecular complexity index is 916. The third kappa shape index (κ3) is 4.80. The van der Waals surface area contributed by atoms with Crippen molar-refractivity contribution in [2.45, 2.75) is 30.6 Å². The van der Waals surface area contributed by atoms with E-state index in [0.717, 1.165) is 21.0 Å². The third-order valence-electron chi connectivity index (χ3n) is 3.09. The molecule has 0 aliphatic heterocycles. The second kappa shape index (κ2) is 8.11. The normalized spacial score (nSPS) is 11.2. The van der Waals surface area contributed by atoms with Gasteiger partial charge in [0.2, 0.25) is 0 Å². The molecule has 0 aliphatic rings. The molecular weight excluding hydrogens is 362 g/mol. The fourth-order valence-electron chi connectivity index (χ4n) is 1.97. The Kier molecular flexibility index (Phi) is 6.40. The molecule has 0 saturated carbocycles. The molecule has 0 unspecified atom stereocenters. The van der Waals surface area contributed by atoms with Gasteiger partial charge in [-0.05, 0) is 45.0 Å². The molecule has 24 heavy (non-hydrogen) atoms. The quantitative estimate of drug-likeness (QED) is 0.531. The van der Waals surface area contributed by atoms with E-state index in [9.17, 15) is 8.42 Å². The Hall–Kier alpha value is -1.41. The van der Waals surface area contributed by atoms with Gasteiger partial charge in [0, 0.05) is 4.90 Å². The zero-order chi connectivity index (χ0) is 17.7. The van der Waals surface area contributed by atoms with Crippen LogP contribution in [0.25, 0.3) is 10.2 Å². The van der Waals surface area contributed by atoms with Crippen molar-refractivity contribution in [1.29, 1.82) is 0 Å². The number of thiazole rings is 1. The first-order chi connectivity index (χ1) is 11.3. The van der Waals surface area contributed by atoms with Crippen LogP contribution in [-0.4, -0.2) is 20.0 Å². The van der Waals surface area contributed by atoms with Crippen LogP contribution < -0.4 is 0 Å². The topological polar surface area (TPSA) is 56.3 Å². The maximum Gasteiger partial charge on any atom is 0.296 e. The minimum atomic E-state index is -3.53. The highest BCUT2D eigenvalue weighted by Crippen LogP contribution is 2.25. The largest absolute Gasteiger partial charge is 0.296 e. The van der Waals surface area contributed by atoms with E-state index in [4.69, 9.17) is 0 Å². The Morgan fingerprint density at radius 2 is 1.79 bits per heavy atom. The SMILES string of the molecule is CCOS(=O)(=O)c1ccc(C)cc1.Cc1nc2c(S)cccc2s1. The van der Waals surface area contributed by atoms with Crippen LogP contribution in [0.1, 0.15) is 17.5 Å². The zero-order valence-corrected chi connectivity index (χ0v) is 16.2. The molecule has 0 spiro atoms. The third-order valence-corrected chi connectivity index (χ3v) is 5.78. The highest BCUT2D eigenvalue weighted by Gasteiger charge is 2.12. The van der Waals surface area contributed by atoms with Crippen molar-refractivity contribution in [1.82, 2.24) is 4.98 Å². The summed E-state index contributed by atoms with van der Waals surface area (Å²) in [4.78, 5) is 5.53. The molecule has 7 heteroatoms. The number of fused-ring (bicyclic) bond motifs is 1. The van der Waals surface area contributed by atoms with E-state index >= 15 is 0 Å². The molecule has 0 atom stereocenters. The molecule has 4 nitrogen and oxygen atoms in total. The summed E-state index contributed by atoms with van der Waals surface area (Å²) in [7, 11) is -3.53. The minimum Gasteiger partial charge on any atom is -0.267 e. The van der Waals surface area contributed by atoms with E-state index in [-0.39, 0.29) is 11.5 Å². The molecule has 2 aromatic carbocycles. The Morgan fingerprint density at radius 3 is 2.38 bits per heavy atom. The summed E-state index contributed by atoms with van der Waals surface area (Å²) in [6, 6.07) is 12.6. The zero-order valence-electron chi connectivity index (χ0n) is 13.7. The molecule has 3 rings (SSSR count). The lowest BCUT2D eigenvalue weighted by Gasteiger charge is -2.02. The molecule has 3 aromatic rings. The molecular formula is C17H19NO3S3. The van der Waals surface area contributed by atoms with Crippen molar-refractivity contribution < 1.29 is 12.6 Å². The van der Waals surface area contributed by atoms with Crippen molar-refractivity contribution in [3.8, 4) is 0 Å². The van der Waals surface area contributed by atoms with Crippen LogP contribution in [-0.2, 0) is 14.3 Å². The van der Waals surface area contributed by atoms with E-state index in [1.54, 1.807) is 42.5 Å². The van der Waals surface area contributed by atoms with Gasteiger partial charge in [-0.25, -0.2) is 4.98 Å². The summed E-state index contributed by atoms with van der Waals surface area (Å²) in [5.74, 6) is 0. The first-order valence-corrected chi connectivity index (χ1v) is 10.0. The summed E-state index contributed by atoms with van der Waals surface area (Å²) in [5.41, 5.74) is 2.05. The van der Waals surface area contributed by atoms with Crippen LogP contribution in [0, 0.1) is 13.8 Å². The number of nitrogens with zero attached hydrogens (tertiary/aromatic N) is 1. The minimum absolute atomic E-state index is 0.163. The van der Waals surface area contributed by atoms with Crippen molar-refractivity contribution in [2.75, 3.05) is 6.61 Å². The molecule has 0 radical (unpaired) electrons. The van der Waals surface area contributed by atoms with Crippen molar-refractivity contribution in [3.05, 3.63) is 53.0 Å². The summed E-state index contributed by atoms with van der Waals surface area (Å²) in [6.07, 6.45) is 0. The molecule has 0 saturated heterocycles. The van der Waals surface area contributed by atoms with Gasteiger partial charge in [0.1, 0.15) is 0 Å². The van der Waals surface area contributed by atoms with Crippen LogP contribution in [0.4, 0.5) is 0 Å². The van der Waals surface area contributed by atoms with Gasteiger partial charge in [-0.15, -0.1) is 24.0 Å². The van der Waals surface area contributed by atoms with E-state index in [1.807, 2.05) is 26.0 Å². The van der Waals surface area contributed by atoms with Crippen LogP contribution in [0.3, 0.4) is 0 Å². The summed E-state index contributed by atoms with van der Waals surface area (Å²) >= 11 is 6.01. The predicted octanol–water partition coefficient (Wildman–Crippen LogP) is 4.61. The first kappa shape index (κ1) is 18.9. The van der Waals surface area contributed by atoms with Crippen LogP contribution in [0.2, 0.25) is 0 Å². The summed E-state index contributed by atoms with van der Waals surface area (Å²) < 4.78 is 28.5. The molecule has 0 bridgehead atoms. The standard InChI is InChI=1S/C9H12O3S.C8H7NS2/c1-3-12-13(10,11)9-6-4-8(2)5-7-9;1-5-9-8-6(10)3-2-4-7(8)11-5/h4-7H,3H2,1-2H3;2-4,10H,1H3. The van der Waals surface area contributed by atoms with Crippen molar-refractivity contribution in [2.24, 2.45) is 0 Å². The van der Waals surface area contributed by atoms with Gasteiger partial charge in [0.15, 0.2) is 0 Å². The van der Waals surface area contributed by atoms with Crippen LogP contribution in [0.5, 0.6) is 0 Å². The van der Waals surface area contributed by atoms with Gasteiger partial charge >= 0.3 is 0 Å². The molecule has 0 amide bonds. The lowest BCUT2D eigenvalue weighted by molar-refractivity contribution is 0.338. The summed E-state index contributed by atoms with van der Waals surface area (Å²) in [6.45, 7) is 5.72. The number of aryl methyl sites for hydroxylation is 2. The van der Waals surface area contributed by atoms with Gasteiger partial charge < -0.3 is 0 Å². The monoisotopic (exact) mass is 381 g/mol. The Balaban J connectivity index is 0.000000175. The maximum atomic E-state index is 11.3. The fraction of sp³-hybridized carbons (Fsp3) is 0.235. The maximum absolute atomic E-state index is 11.3. The number of para-hydroxylation sites is 1. The number of rotatable bonds is 3. The van der Waals surface area contributed by atoms with E-state index < -0.39 is 10.1 Å². The Morgan fingerprint density at radius 1 is 1.12 bits per heavy atom. The molecule has 128 valence electrons. The van der Waals surface area contributed by atoms with E-state index in [0.29, 0.717) is 0 Å². The first-order valence-electron chi connectivity index (χ1n) is 7.34. The average molecular weight is 382 g/mol. The lowest BCUT2D eigenvalue weighted by atomic mass is 10.2. The van der Waals surface area contributed by atoms with Gasteiger partial charge in [-0.2, -0.15) is 8.42 Å². The van der Waals surface area contributed by atoms with Crippen molar-refractivity contribution in [3.63, 3.8) is 0 Å². The lowest BCUT2D eigenvalue weighted by Crippen LogP contribution is -2.05. The number of hydrogen-bond acceptors (Lipinski definition) is 6. The van der Waals surface area contributed by atoms with Gasteiger partial charge in [-0.1, -0.05) is 23.8 Å². The molecule has 1 aromatic heterocycles. The van der Waals surface area contributed by atoms with E-state index in [2.05, 4.69) is 27.9 Å². The number of hydrogen-bond donors (Lipinski definition) is 1. The Labute approximate surface area is 152 Å². The number of thiol groups is 1. The number of aromatic nitrogens is 1. The van der Waals surface area contributed by atoms with Crippen LogP contribution >= 0.6 is 24.0 Å². The second-order valence-electron chi connectivity index (χ2n) is 5.03. The smallest absolute Gasteiger partial charge is 0.267 e. The molecule has 0 fully saturated rings. The second-order valence-corrected chi connectivity index (χ2v) is 8.36. The fourth-order valence-corrected chi connectivity index (χ4v) is 4.08. The molecule has 1 heterocycles. The molecule has 0 N–H and O–H groups in total. The van der Waals surface area contributed by atoms with E-state index in [1.165, 1.54) is 4.70 Å². The van der Waals surface area contributed by atoms with Gasteiger partial charge in [0.25, 0.3) is 10.1 Å². The van der Waals surface area contributed by atoms with Crippen molar-refractivity contribution >= 4 is 44.3 Å². The highest BCUT2D eigenvalue weighted by molar-refractivity contribution is 7.86. The van der Waals surface area contributed by atoms with Crippen LogP contribution in [0.15, 0.2) is 52.3 Å². The number of benzene rings is 2. The highest BCUT2D eigenvalue weighted by atomic mass is 32.2.